The summed E-state index contributed by atoms with van der Waals surface area (Å²) in [4.78, 5) is 35.3. The molecule has 3 N–H and O–H groups in total. The lowest BCUT2D eigenvalue weighted by Crippen LogP contribution is -2.39. The number of carbonyl (C=O) groups is 2. The number of rotatable bonds is 3. The molecule has 1 aromatic carbocycles. The Morgan fingerprint density at radius 2 is 2.08 bits per heavy atom. The van der Waals surface area contributed by atoms with Gasteiger partial charge in [-0.15, -0.1) is 11.8 Å². The van der Waals surface area contributed by atoms with Crippen LogP contribution in [0.4, 0.5) is 5.82 Å². The van der Waals surface area contributed by atoms with E-state index in [1.54, 1.807) is 30.0 Å². The third-order valence-corrected chi connectivity index (χ3v) is 8.25. The van der Waals surface area contributed by atoms with Crippen molar-refractivity contribution in [1.29, 1.82) is 0 Å². The Labute approximate surface area is 230 Å². The van der Waals surface area contributed by atoms with E-state index >= 15 is 0 Å². The quantitative estimate of drug-likeness (QED) is 0.373. The van der Waals surface area contributed by atoms with Gasteiger partial charge in [-0.25, -0.2) is 4.98 Å². The van der Waals surface area contributed by atoms with Crippen LogP contribution in [-0.4, -0.2) is 76.9 Å². The SMILES string of the molecule is Cc1c(SCCN)nc2cc3nn2c1N(C)CCNC(=O)COc1ccc(Cl)cc1C(=O)N1CCCCC31. The Hall–Kier alpha value is -3.02. The fourth-order valence-electron chi connectivity index (χ4n) is 5.07. The largest absolute Gasteiger partial charge is 0.483 e. The van der Waals surface area contributed by atoms with E-state index in [0.717, 1.165) is 47.1 Å². The Kier molecular flexibility index (Phi) is 7.96. The van der Waals surface area contributed by atoms with Gasteiger partial charge in [0.15, 0.2) is 12.3 Å². The Balaban J connectivity index is 1.65. The summed E-state index contributed by atoms with van der Waals surface area (Å²) in [5.74, 6) is 1.50. The molecule has 2 aromatic heterocycles. The molecular weight excluding hydrogens is 526 g/mol. The van der Waals surface area contributed by atoms with Crippen LogP contribution in [0.25, 0.3) is 5.65 Å². The molecule has 0 saturated carbocycles. The van der Waals surface area contributed by atoms with Gasteiger partial charge in [-0.1, -0.05) is 11.6 Å². The first-order chi connectivity index (χ1) is 18.4. The molecule has 4 heterocycles. The fraction of sp³-hybridized carbons (Fsp3) is 0.462. The van der Waals surface area contributed by atoms with Gasteiger partial charge in [0.05, 0.1) is 17.3 Å². The molecule has 5 rings (SSSR count). The maximum Gasteiger partial charge on any atom is 0.258 e. The van der Waals surface area contributed by atoms with Crippen LogP contribution in [0.3, 0.4) is 0 Å². The molecule has 12 heteroatoms. The lowest BCUT2D eigenvalue weighted by Gasteiger charge is -2.35. The van der Waals surface area contributed by atoms with Crippen LogP contribution in [0.2, 0.25) is 5.02 Å². The normalized spacial score (nSPS) is 18.8. The summed E-state index contributed by atoms with van der Waals surface area (Å²) in [6.45, 7) is 3.92. The number of ether oxygens (including phenoxy) is 1. The van der Waals surface area contributed by atoms with Crippen LogP contribution in [0.15, 0.2) is 29.3 Å². The summed E-state index contributed by atoms with van der Waals surface area (Å²) in [7, 11) is 1.97. The topological polar surface area (TPSA) is 118 Å². The maximum absolute atomic E-state index is 13.9. The van der Waals surface area contributed by atoms with Crippen molar-refractivity contribution in [2.75, 3.05) is 50.5 Å². The van der Waals surface area contributed by atoms with E-state index < -0.39 is 0 Å². The average molecular weight is 558 g/mol. The number of thioether (sulfide) groups is 1. The first-order valence-corrected chi connectivity index (χ1v) is 14.2. The third kappa shape index (κ3) is 5.27. The average Bonchev–Trinajstić information content (AvgIpc) is 3.33. The number of likely N-dealkylation sites (N-methyl/N-ethyl adjacent to an activating group) is 1. The van der Waals surface area contributed by atoms with Crippen LogP contribution >= 0.6 is 23.4 Å². The molecule has 202 valence electrons. The van der Waals surface area contributed by atoms with Gasteiger partial charge in [0, 0.05) is 55.6 Å². The fourth-order valence-corrected chi connectivity index (χ4v) is 6.02. The molecule has 2 amide bonds. The van der Waals surface area contributed by atoms with E-state index in [-0.39, 0.29) is 24.5 Å². The molecule has 0 radical (unpaired) electrons. The summed E-state index contributed by atoms with van der Waals surface area (Å²) in [5.41, 5.74) is 8.61. The van der Waals surface area contributed by atoms with Gasteiger partial charge in [-0.2, -0.15) is 9.61 Å². The number of halogens is 1. The van der Waals surface area contributed by atoms with Crippen LogP contribution in [-0.2, 0) is 4.79 Å². The second kappa shape index (κ2) is 11.4. The van der Waals surface area contributed by atoms with Crippen LogP contribution < -0.4 is 20.7 Å². The predicted molar refractivity (Wildman–Crippen MR) is 148 cm³/mol. The van der Waals surface area contributed by atoms with Crippen LogP contribution in [0.1, 0.15) is 46.9 Å². The van der Waals surface area contributed by atoms with E-state index in [1.165, 1.54) is 0 Å². The number of fused-ring (bicyclic) bond motifs is 4. The van der Waals surface area contributed by atoms with E-state index in [4.69, 9.17) is 32.2 Å². The number of hydrogen-bond donors (Lipinski definition) is 2. The zero-order chi connectivity index (χ0) is 26.8. The Morgan fingerprint density at radius 1 is 1.24 bits per heavy atom. The molecule has 38 heavy (non-hydrogen) atoms. The molecule has 3 aromatic rings. The molecule has 0 spiro atoms. The summed E-state index contributed by atoms with van der Waals surface area (Å²) in [6.07, 6.45) is 2.66. The third-order valence-electron chi connectivity index (χ3n) is 6.91. The lowest BCUT2D eigenvalue weighted by atomic mass is 9.98. The number of piperidine rings is 1. The molecule has 2 bridgehead atoms. The first-order valence-electron chi connectivity index (χ1n) is 12.8. The van der Waals surface area contributed by atoms with Crippen molar-refractivity contribution in [3.8, 4) is 5.75 Å². The van der Waals surface area contributed by atoms with Crippen LogP contribution in [0, 0.1) is 6.92 Å². The van der Waals surface area contributed by atoms with Gasteiger partial charge < -0.3 is 25.6 Å². The minimum Gasteiger partial charge on any atom is -0.483 e. The first kappa shape index (κ1) is 26.6. The van der Waals surface area contributed by atoms with Gasteiger partial charge in [0.25, 0.3) is 11.8 Å². The summed E-state index contributed by atoms with van der Waals surface area (Å²) < 4.78 is 7.67. The van der Waals surface area contributed by atoms with Crippen molar-refractivity contribution >= 4 is 46.6 Å². The Bertz CT molecular complexity index is 1360. The summed E-state index contributed by atoms with van der Waals surface area (Å²) >= 11 is 7.89. The minimum absolute atomic E-state index is 0.197. The molecule has 1 fully saturated rings. The lowest BCUT2D eigenvalue weighted by molar-refractivity contribution is -0.123. The van der Waals surface area contributed by atoms with Crippen molar-refractivity contribution in [3.05, 3.63) is 46.1 Å². The number of amides is 2. The number of nitrogens with one attached hydrogen (secondary N) is 1. The number of benzene rings is 1. The van der Waals surface area contributed by atoms with Gasteiger partial charge in [0.2, 0.25) is 0 Å². The van der Waals surface area contributed by atoms with Gasteiger partial charge in [0.1, 0.15) is 16.6 Å². The molecule has 0 aliphatic carbocycles. The number of anilines is 1. The smallest absolute Gasteiger partial charge is 0.258 e. The Morgan fingerprint density at radius 3 is 2.89 bits per heavy atom. The number of nitrogens with two attached hydrogens (primary N) is 1. The number of nitrogens with zero attached hydrogens (tertiary/aromatic N) is 5. The van der Waals surface area contributed by atoms with Gasteiger partial charge >= 0.3 is 0 Å². The van der Waals surface area contributed by atoms with Gasteiger partial charge in [-0.3, -0.25) is 9.59 Å². The zero-order valence-corrected chi connectivity index (χ0v) is 23.1. The van der Waals surface area contributed by atoms with Crippen molar-refractivity contribution < 1.29 is 14.3 Å². The molecule has 1 unspecified atom stereocenters. The molecule has 10 nitrogen and oxygen atoms in total. The summed E-state index contributed by atoms with van der Waals surface area (Å²) in [5, 5.41) is 9.23. The van der Waals surface area contributed by atoms with Crippen molar-refractivity contribution in [2.45, 2.75) is 37.3 Å². The monoisotopic (exact) mass is 557 g/mol. The highest BCUT2D eigenvalue weighted by Gasteiger charge is 2.33. The highest BCUT2D eigenvalue weighted by atomic mass is 35.5. The van der Waals surface area contributed by atoms with E-state index in [2.05, 4.69) is 10.2 Å². The minimum atomic E-state index is -0.271. The van der Waals surface area contributed by atoms with Crippen molar-refractivity contribution in [3.63, 3.8) is 0 Å². The van der Waals surface area contributed by atoms with Crippen molar-refractivity contribution in [2.24, 2.45) is 5.73 Å². The standard InChI is InChI=1S/C26H32ClN7O3S/c1-16-24(38-12-8-28)30-22-14-19-20-5-3-4-10-33(20)26(36)18-13-17(27)6-7-21(18)37-15-23(35)29-9-11-32(2)25(16)34(22)31-19/h6-7,13-14,20H,3-5,8-12,15,28H2,1-2H3,(H,29,35). The second-order valence-corrected chi connectivity index (χ2v) is 11.1. The zero-order valence-electron chi connectivity index (χ0n) is 21.6. The van der Waals surface area contributed by atoms with E-state index in [9.17, 15) is 9.59 Å². The maximum atomic E-state index is 13.9. The second-order valence-electron chi connectivity index (χ2n) is 9.55. The van der Waals surface area contributed by atoms with E-state index in [1.807, 2.05) is 29.5 Å². The summed E-state index contributed by atoms with van der Waals surface area (Å²) in [6, 6.07) is 6.66. The van der Waals surface area contributed by atoms with E-state index in [0.29, 0.717) is 48.2 Å². The van der Waals surface area contributed by atoms with Crippen LogP contribution in [0.5, 0.6) is 5.75 Å². The van der Waals surface area contributed by atoms with Crippen molar-refractivity contribution in [1.82, 2.24) is 24.8 Å². The number of hydrogen-bond acceptors (Lipinski definition) is 8. The van der Waals surface area contributed by atoms with Gasteiger partial charge in [-0.05, 0) is 44.4 Å². The number of carbonyl (C=O) groups excluding carboxylic acids is 2. The number of aromatic nitrogens is 3. The molecule has 2 aliphatic heterocycles. The molecule has 1 saturated heterocycles. The molecular formula is C26H32ClN7O3S. The highest BCUT2D eigenvalue weighted by molar-refractivity contribution is 7.99. The highest BCUT2D eigenvalue weighted by Crippen LogP contribution is 2.36. The predicted octanol–water partition coefficient (Wildman–Crippen LogP) is 3.05. The molecule has 2 aliphatic rings. The molecule has 1 atom stereocenters.